The summed E-state index contributed by atoms with van der Waals surface area (Å²) in [6.45, 7) is 0. The monoisotopic (exact) mass is 540 g/mol. The Kier molecular flexibility index (Phi) is 7.47. The zero-order chi connectivity index (χ0) is 26.7. The third kappa shape index (κ3) is 5.42. The normalized spacial score (nSPS) is 14.4. The van der Waals surface area contributed by atoms with E-state index in [1.807, 2.05) is 0 Å². The van der Waals surface area contributed by atoms with E-state index in [9.17, 15) is 19.2 Å². The van der Waals surface area contributed by atoms with Crippen LogP contribution in [-0.2, 0) is 9.59 Å². The highest BCUT2D eigenvalue weighted by molar-refractivity contribution is 6.39. The van der Waals surface area contributed by atoms with Gasteiger partial charge in [-0.05, 0) is 66.2 Å². The standard InChI is InChI=1S/C26H18Cl2N2O7/c1-35-17-7-5-16(6-8-17)30-24(32)19(23(31)29-26(30)34)11-14-3-10-21(22(12-14)36-2)37-25(33)18-9-4-15(27)13-20(18)28/h3-13H,1-2H3,(H,29,31,34)/b19-11+. The predicted molar refractivity (Wildman–Crippen MR) is 136 cm³/mol. The maximum absolute atomic E-state index is 13.1. The number of barbiturate groups is 1. The second-order valence-electron chi connectivity index (χ2n) is 7.58. The first-order chi connectivity index (χ1) is 17.7. The highest BCUT2D eigenvalue weighted by atomic mass is 35.5. The van der Waals surface area contributed by atoms with E-state index in [0.717, 1.165) is 4.90 Å². The van der Waals surface area contributed by atoms with Gasteiger partial charge in [0, 0.05) is 5.02 Å². The van der Waals surface area contributed by atoms with Crippen LogP contribution in [0.2, 0.25) is 10.0 Å². The molecule has 11 heteroatoms. The van der Waals surface area contributed by atoms with Crippen LogP contribution in [0.4, 0.5) is 10.5 Å². The number of urea groups is 1. The molecule has 1 N–H and O–H groups in total. The molecule has 0 aliphatic carbocycles. The number of amides is 4. The summed E-state index contributed by atoms with van der Waals surface area (Å²) in [4.78, 5) is 51.4. The first-order valence-electron chi connectivity index (χ1n) is 10.6. The fourth-order valence-corrected chi connectivity index (χ4v) is 3.94. The van der Waals surface area contributed by atoms with Gasteiger partial charge in [0.2, 0.25) is 0 Å². The van der Waals surface area contributed by atoms with Gasteiger partial charge in [-0.25, -0.2) is 14.5 Å². The maximum Gasteiger partial charge on any atom is 0.345 e. The van der Waals surface area contributed by atoms with E-state index in [-0.39, 0.29) is 33.3 Å². The number of halogens is 2. The van der Waals surface area contributed by atoms with Gasteiger partial charge < -0.3 is 14.2 Å². The van der Waals surface area contributed by atoms with Gasteiger partial charge in [0.25, 0.3) is 11.8 Å². The van der Waals surface area contributed by atoms with Gasteiger partial charge in [0.05, 0.1) is 30.5 Å². The van der Waals surface area contributed by atoms with E-state index < -0.39 is 23.8 Å². The van der Waals surface area contributed by atoms with Crippen molar-refractivity contribution >= 4 is 58.8 Å². The molecule has 0 atom stereocenters. The molecule has 4 amide bonds. The van der Waals surface area contributed by atoms with Crippen LogP contribution in [-0.4, -0.2) is 38.0 Å². The molecule has 4 rings (SSSR count). The van der Waals surface area contributed by atoms with E-state index in [4.69, 9.17) is 37.4 Å². The molecule has 0 spiro atoms. The Morgan fingerprint density at radius 1 is 0.892 bits per heavy atom. The number of esters is 1. The highest BCUT2D eigenvalue weighted by Gasteiger charge is 2.36. The average Bonchev–Trinajstić information content (AvgIpc) is 2.87. The number of benzene rings is 3. The van der Waals surface area contributed by atoms with Gasteiger partial charge in [-0.3, -0.25) is 14.9 Å². The van der Waals surface area contributed by atoms with E-state index >= 15 is 0 Å². The fraction of sp³-hybridized carbons (Fsp3) is 0.0769. The Hall–Kier alpha value is -4.34. The van der Waals surface area contributed by atoms with Gasteiger partial charge in [0.1, 0.15) is 11.3 Å². The number of carbonyl (C=O) groups excluding carboxylic acids is 4. The van der Waals surface area contributed by atoms with Crippen molar-refractivity contribution in [1.82, 2.24) is 5.32 Å². The number of anilines is 1. The summed E-state index contributed by atoms with van der Waals surface area (Å²) in [6, 6.07) is 14.1. The molecule has 37 heavy (non-hydrogen) atoms. The fourth-order valence-electron chi connectivity index (χ4n) is 3.46. The van der Waals surface area contributed by atoms with Crippen molar-refractivity contribution in [2.45, 2.75) is 0 Å². The Labute approximate surface area is 221 Å². The van der Waals surface area contributed by atoms with Crippen LogP contribution in [0, 0.1) is 0 Å². The molecule has 0 aromatic heterocycles. The van der Waals surface area contributed by atoms with Crippen molar-refractivity contribution in [3.05, 3.63) is 87.4 Å². The highest BCUT2D eigenvalue weighted by Crippen LogP contribution is 2.32. The predicted octanol–water partition coefficient (Wildman–Crippen LogP) is 4.90. The van der Waals surface area contributed by atoms with Crippen molar-refractivity contribution in [3.8, 4) is 17.2 Å². The van der Waals surface area contributed by atoms with Crippen molar-refractivity contribution in [2.24, 2.45) is 0 Å². The summed E-state index contributed by atoms with van der Waals surface area (Å²) < 4.78 is 15.8. The van der Waals surface area contributed by atoms with Gasteiger partial charge in [-0.15, -0.1) is 0 Å². The summed E-state index contributed by atoms with van der Waals surface area (Å²) in [6.07, 6.45) is 1.30. The topological polar surface area (TPSA) is 111 Å². The number of hydrogen-bond donors (Lipinski definition) is 1. The molecule has 9 nitrogen and oxygen atoms in total. The molecule has 1 aliphatic heterocycles. The first kappa shape index (κ1) is 25.7. The number of carbonyl (C=O) groups is 4. The number of imide groups is 2. The summed E-state index contributed by atoms with van der Waals surface area (Å²) in [5.41, 5.74) is 0.452. The summed E-state index contributed by atoms with van der Waals surface area (Å²) in [5.74, 6) is -1.64. The van der Waals surface area contributed by atoms with Gasteiger partial charge in [0.15, 0.2) is 11.5 Å². The molecular weight excluding hydrogens is 523 g/mol. The summed E-state index contributed by atoms with van der Waals surface area (Å²) in [5, 5.41) is 2.64. The van der Waals surface area contributed by atoms with E-state index in [2.05, 4.69) is 5.32 Å². The minimum atomic E-state index is -0.877. The van der Waals surface area contributed by atoms with Crippen molar-refractivity contribution in [2.75, 3.05) is 19.1 Å². The second-order valence-corrected chi connectivity index (χ2v) is 8.42. The molecule has 188 valence electrons. The van der Waals surface area contributed by atoms with Gasteiger partial charge >= 0.3 is 12.0 Å². The largest absolute Gasteiger partial charge is 0.497 e. The molecule has 1 fully saturated rings. The third-order valence-corrected chi connectivity index (χ3v) is 5.83. The quantitative estimate of drug-likeness (QED) is 0.205. The zero-order valence-corrected chi connectivity index (χ0v) is 20.9. The number of rotatable bonds is 6. The van der Waals surface area contributed by atoms with Crippen LogP contribution in [0.5, 0.6) is 17.2 Å². The molecule has 0 unspecified atom stereocenters. The lowest BCUT2D eigenvalue weighted by Gasteiger charge is -2.26. The number of methoxy groups -OCH3 is 2. The lowest BCUT2D eigenvalue weighted by Crippen LogP contribution is -2.54. The van der Waals surface area contributed by atoms with Crippen molar-refractivity contribution in [3.63, 3.8) is 0 Å². The second kappa shape index (κ2) is 10.7. The van der Waals surface area contributed by atoms with E-state index in [0.29, 0.717) is 16.3 Å². The Morgan fingerprint density at radius 3 is 2.27 bits per heavy atom. The van der Waals surface area contributed by atoms with Crippen LogP contribution in [0.3, 0.4) is 0 Å². The molecule has 1 saturated heterocycles. The van der Waals surface area contributed by atoms with Crippen LogP contribution in [0.15, 0.2) is 66.2 Å². The van der Waals surface area contributed by atoms with Crippen LogP contribution >= 0.6 is 23.2 Å². The first-order valence-corrected chi connectivity index (χ1v) is 11.4. The molecule has 1 aliphatic rings. The van der Waals surface area contributed by atoms with Gasteiger partial charge in [-0.1, -0.05) is 29.3 Å². The van der Waals surface area contributed by atoms with Crippen molar-refractivity contribution in [1.29, 1.82) is 0 Å². The minimum Gasteiger partial charge on any atom is -0.497 e. The molecular formula is C26H18Cl2N2O7. The van der Waals surface area contributed by atoms with E-state index in [1.54, 1.807) is 12.1 Å². The average molecular weight is 541 g/mol. The molecule has 0 radical (unpaired) electrons. The number of ether oxygens (including phenoxy) is 3. The lowest BCUT2D eigenvalue weighted by molar-refractivity contribution is -0.122. The molecule has 3 aromatic carbocycles. The third-order valence-electron chi connectivity index (χ3n) is 5.28. The number of nitrogens with one attached hydrogen (secondary N) is 1. The molecule has 1 heterocycles. The smallest absolute Gasteiger partial charge is 0.345 e. The van der Waals surface area contributed by atoms with Crippen LogP contribution in [0.25, 0.3) is 6.08 Å². The van der Waals surface area contributed by atoms with Crippen molar-refractivity contribution < 1.29 is 33.4 Å². The maximum atomic E-state index is 13.1. The molecule has 3 aromatic rings. The SMILES string of the molecule is COc1ccc(N2C(=O)NC(=O)/C(=C\c3ccc(OC(=O)c4ccc(Cl)cc4Cl)c(OC)c3)C2=O)cc1. The Balaban J connectivity index is 1.61. The van der Waals surface area contributed by atoms with Crippen LogP contribution < -0.4 is 24.4 Å². The number of nitrogens with zero attached hydrogens (tertiary/aromatic N) is 1. The minimum absolute atomic E-state index is 0.0788. The zero-order valence-electron chi connectivity index (χ0n) is 19.4. The van der Waals surface area contributed by atoms with Crippen LogP contribution in [0.1, 0.15) is 15.9 Å². The molecule has 0 saturated carbocycles. The summed E-state index contributed by atoms with van der Waals surface area (Å²) >= 11 is 11.9. The Bertz CT molecular complexity index is 1450. The Morgan fingerprint density at radius 2 is 1.62 bits per heavy atom. The van der Waals surface area contributed by atoms with E-state index in [1.165, 1.54) is 68.8 Å². The summed E-state index contributed by atoms with van der Waals surface area (Å²) in [7, 11) is 2.85. The molecule has 0 bridgehead atoms. The number of hydrogen-bond acceptors (Lipinski definition) is 7. The lowest BCUT2D eigenvalue weighted by atomic mass is 10.1. The van der Waals surface area contributed by atoms with Gasteiger partial charge in [-0.2, -0.15) is 0 Å².